The summed E-state index contributed by atoms with van der Waals surface area (Å²) < 4.78 is 10.3. The third-order valence-electron chi connectivity index (χ3n) is 4.93. The number of rotatable bonds is 5. The molecule has 0 saturated heterocycles. The van der Waals surface area contributed by atoms with Crippen molar-refractivity contribution in [2.75, 3.05) is 13.7 Å². The second-order valence-electron chi connectivity index (χ2n) is 6.64. The molecule has 0 amide bonds. The highest BCUT2D eigenvalue weighted by Gasteiger charge is 2.24. The van der Waals surface area contributed by atoms with Crippen molar-refractivity contribution in [2.24, 2.45) is 0 Å². The number of fused-ring (bicyclic) bond motifs is 3. The maximum Gasteiger partial charge on any atom is 0.339 e. The van der Waals surface area contributed by atoms with Gasteiger partial charge in [0.05, 0.1) is 25.0 Å². The van der Waals surface area contributed by atoms with Gasteiger partial charge in [-0.25, -0.2) is 9.78 Å². The molecule has 29 heavy (non-hydrogen) atoms. The summed E-state index contributed by atoms with van der Waals surface area (Å²) in [5, 5.41) is 14.8. The van der Waals surface area contributed by atoms with E-state index in [4.69, 9.17) is 9.47 Å². The van der Waals surface area contributed by atoms with Crippen molar-refractivity contribution in [1.29, 1.82) is 0 Å². The molecule has 1 N–H and O–H groups in total. The zero-order valence-corrected chi connectivity index (χ0v) is 16.3. The van der Waals surface area contributed by atoms with Gasteiger partial charge in [-0.05, 0) is 46.7 Å². The lowest BCUT2D eigenvalue weighted by Crippen LogP contribution is -2.16. The van der Waals surface area contributed by atoms with E-state index < -0.39 is 12.1 Å². The molecular weight excluding hydrogens is 366 g/mol. The molecule has 1 heterocycles. The van der Waals surface area contributed by atoms with Gasteiger partial charge in [-0.2, -0.15) is 0 Å². The van der Waals surface area contributed by atoms with Gasteiger partial charge in [-0.15, -0.1) is 0 Å². The molecule has 1 aromatic heterocycles. The average Bonchev–Trinajstić information content (AvgIpc) is 2.77. The Morgan fingerprint density at radius 2 is 1.69 bits per heavy atom. The number of aromatic nitrogens is 1. The minimum atomic E-state index is -1.44. The first-order valence-corrected chi connectivity index (χ1v) is 9.44. The molecular formula is C24H21NO4. The highest BCUT2D eigenvalue weighted by atomic mass is 16.5. The summed E-state index contributed by atoms with van der Waals surface area (Å²) in [6.45, 7) is 1.88. The minimum Gasteiger partial charge on any atom is -0.481 e. The van der Waals surface area contributed by atoms with Gasteiger partial charge in [0.1, 0.15) is 0 Å². The topological polar surface area (TPSA) is 68.7 Å². The third kappa shape index (κ3) is 3.41. The summed E-state index contributed by atoms with van der Waals surface area (Å²) in [4.78, 5) is 16.5. The van der Waals surface area contributed by atoms with E-state index in [0.29, 0.717) is 5.69 Å². The normalized spacial score (nSPS) is 12.1. The van der Waals surface area contributed by atoms with Gasteiger partial charge in [0.2, 0.25) is 5.88 Å². The number of aliphatic hydroxyl groups excluding tert-OH is 1. The number of benzene rings is 3. The van der Waals surface area contributed by atoms with Crippen molar-refractivity contribution >= 4 is 27.5 Å². The first-order valence-electron chi connectivity index (χ1n) is 9.44. The lowest BCUT2D eigenvalue weighted by molar-refractivity contribution is -0.153. The summed E-state index contributed by atoms with van der Waals surface area (Å²) in [5.74, 6) is -0.531. The highest BCUT2D eigenvalue weighted by molar-refractivity contribution is 6.13. The molecule has 5 nitrogen and oxygen atoms in total. The summed E-state index contributed by atoms with van der Waals surface area (Å²) >= 11 is 0. The SMILES string of the molecule is CCOC(=O)C(O)c1ccc(-c2cc3ccccc3c3ccccc23)nc1OC. The number of carbonyl (C=O) groups excluding carboxylic acids is 1. The zero-order valence-electron chi connectivity index (χ0n) is 16.3. The van der Waals surface area contributed by atoms with Crippen molar-refractivity contribution in [3.8, 4) is 17.1 Å². The Balaban J connectivity index is 1.89. The average molecular weight is 387 g/mol. The summed E-state index contributed by atoms with van der Waals surface area (Å²) in [6, 6.07) is 21.9. The van der Waals surface area contributed by atoms with Crippen LogP contribution in [0.1, 0.15) is 18.6 Å². The summed E-state index contributed by atoms with van der Waals surface area (Å²) in [7, 11) is 1.46. The number of ether oxygens (including phenoxy) is 2. The van der Waals surface area contributed by atoms with E-state index in [0.717, 1.165) is 21.7 Å². The van der Waals surface area contributed by atoms with Crippen molar-refractivity contribution in [3.05, 3.63) is 72.3 Å². The molecule has 0 radical (unpaired) electrons. The number of pyridine rings is 1. The van der Waals surface area contributed by atoms with Crippen molar-refractivity contribution < 1.29 is 19.4 Å². The maximum absolute atomic E-state index is 11.9. The van der Waals surface area contributed by atoms with Gasteiger partial charge < -0.3 is 14.6 Å². The van der Waals surface area contributed by atoms with Crippen molar-refractivity contribution in [3.63, 3.8) is 0 Å². The van der Waals surface area contributed by atoms with Crippen LogP contribution in [-0.4, -0.2) is 29.8 Å². The van der Waals surface area contributed by atoms with Gasteiger partial charge in [0.25, 0.3) is 0 Å². The molecule has 3 aromatic carbocycles. The first kappa shape index (κ1) is 18.9. The van der Waals surface area contributed by atoms with E-state index in [1.807, 2.05) is 24.3 Å². The van der Waals surface area contributed by atoms with Crippen molar-refractivity contribution in [2.45, 2.75) is 13.0 Å². The predicted molar refractivity (Wildman–Crippen MR) is 113 cm³/mol. The van der Waals surface area contributed by atoms with Crippen molar-refractivity contribution in [1.82, 2.24) is 4.98 Å². The molecule has 0 aliphatic heterocycles. The Hall–Kier alpha value is -3.44. The molecule has 4 rings (SSSR count). The molecule has 1 atom stereocenters. The van der Waals surface area contributed by atoms with E-state index >= 15 is 0 Å². The minimum absolute atomic E-state index is 0.187. The number of carbonyl (C=O) groups is 1. The van der Waals surface area contributed by atoms with E-state index in [9.17, 15) is 9.90 Å². The largest absolute Gasteiger partial charge is 0.481 e. The number of aliphatic hydroxyl groups is 1. The number of hydrogen-bond acceptors (Lipinski definition) is 5. The molecule has 0 fully saturated rings. The molecule has 4 aromatic rings. The Labute approximate surface area is 168 Å². The number of nitrogens with zero attached hydrogens (tertiary/aromatic N) is 1. The molecule has 0 bridgehead atoms. The Kier molecular flexibility index (Phi) is 5.14. The van der Waals surface area contributed by atoms with E-state index in [1.54, 1.807) is 19.1 Å². The van der Waals surface area contributed by atoms with Crippen LogP contribution in [0.4, 0.5) is 0 Å². The van der Waals surface area contributed by atoms with E-state index in [1.165, 1.54) is 12.5 Å². The fourth-order valence-electron chi connectivity index (χ4n) is 3.59. The van der Waals surface area contributed by atoms with Crippen LogP contribution in [0, 0.1) is 0 Å². The van der Waals surface area contributed by atoms with Gasteiger partial charge in [-0.1, -0.05) is 48.5 Å². The lowest BCUT2D eigenvalue weighted by atomic mass is 9.95. The standard InChI is InChI=1S/C24H21NO4/c1-3-29-24(27)22(26)19-12-13-21(25-23(19)28-2)20-14-15-8-4-5-9-16(15)17-10-6-7-11-18(17)20/h4-14,22,26H,3H2,1-2H3. The van der Waals surface area contributed by atoms with E-state index in [-0.39, 0.29) is 18.1 Å². The maximum atomic E-state index is 11.9. The van der Waals surface area contributed by atoms with Crippen LogP contribution < -0.4 is 4.74 Å². The van der Waals surface area contributed by atoms with Gasteiger partial charge in [0.15, 0.2) is 6.10 Å². The fraction of sp³-hybridized carbons (Fsp3) is 0.167. The zero-order chi connectivity index (χ0) is 20.4. The number of esters is 1. The number of hydrogen-bond donors (Lipinski definition) is 1. The summed E-state index contributed by atoms with van der Waals surface area (Å²) in [6.07, 6.45) is -1.44. The molecule has 0 aliphatic rings. The second-order valence-corrected chi connectivity index (χ2v) is 6.64. The highest BCUT2D eigenvalue weighted by Crippen LogP contribution is 2.36. The predicted octanol–water partition coefficient (Wildman–Crippen LogP) is 4.66. The quantitative estimate of drug-likeness (QED) is 0.398. The smallest absolute Gasteiger partial charge is 0.339 e. The lowest BCUT2D eigenvalue weighted by Gasteiger charge is -2.15. The number of methoxy groups -OCH3 is 1. The van der Waals surface area contributed by atoms with Crippen LogP contribution in [0.3, 0.4) is 0 Å². The Morgan fingerprint density at radius 3 is 2.41 bits per heavy atom. The fourth-order valence-corrected chi connectivity index (χ4v) is 3.59. The van der Waals surface area contributed by atoms with Crippen LogP contribution >= 0.6 is 0 Å². The monoisotopic (exact) mass is 387 g/mol. The van der Waals surface area contributed by atoms with Gasteiger partial charge >= 0.3 is 5.97 Å². The summed E-state index contributed by atoms with van der Waals surface area (Å²) in [5.41, 5.74) is 1.93. The molecule has 0 spiro atoms. The molecule has 0 saturated carbocycles. The second kappa shape index (κ2) is 7.89. The molecule has 146 valence electrons. The van der Waals surface area contributed by atoms with Crippen LogP contribution in [0.2, 0.25) is 0 Å². The Morgan fingerprint density at radius 1 is 1.00 bits per heavy atom. The van der Waals surface area contributed by atoms with Crippen LogP contribution in [0.25, 0.3) is 32.8 Å². The van der Waals surface area contributed by atoms with E-state index in [2.05, 4.69) is 35.3 Å². The molecule has 0 aliphatic carbocycles. The van der Waals surface area contributed by atoms with Crippen LogP contribution in [0.5, 0.6) is 5.88 Å². The van der Waals surface area contributed by atoms with Gasteiger partial charge in [0, 0.05) is 5.56 Å². The first-order chi connectivity index (χ1) is 14.1. The third-order valence-corrected chi connectivity index (χ3v) is 4.93. The van der Waals surface area contributed by atoms with Gasteiger partial charge in [-0.3, -0.25) is 0 Å². The molecule has 1 unspecified atom stereocenters. The Bertz CT molecular complexity index is 1200. The molecule has 5 heteroatoms. The van der Waals surface area contributed by atoms with Crippen LogP contribution in [-0.2, 0) is 9.53 Å². The van der Waals surface area contributed by atoms with Crippen LogP contribution in [0.15, 0.2) is 66.7 Å².